The fourth-order valence-corrected chi connectivity index (χ4v) is 1.64. The van der Waals surface area contributed by atoms with Crippen LogP contribution in [0.3, 0.4) is 0 Å². The van der Waals surface area contributed by atoms with Crippen molar-refractivity contribution in [3.63, 3.8) is 0 Å². The number of halogens is 3. The molecule has 0 unspecified atom stereocenters. The molecule has 0 heterocycles. The maximum Gasteiger partial charge on any atom is 0.405 e. The zero-order valence-electron chi connectivity index (χ0n) is 7.86. The van der Waals surface area contributed by atoms with Crippen molar-refractivity contribution in [3.05, 3.63) is 47.1 Å². The molecule has 0 saturated carbocycles. The van der Waals surface area contributed by atoms with Crippen LogP contribution >= 0.6 is 0 Å². The quantitative estimate of drug-likeness (QED) is 0.486. The molecule has 2 aliphatic rings. The summed E-state index contributed by atoms with van der Waals surface area (Å²) < 4.78 is 37.5. The van der Waals surface area contributed by atoms with Crippen molar-refractivity contribution in [2.45, 2.75) is 19.0 Å². The van der Waals surface area contributed by atoms with Crippen LogP contribution in [0.5, 0.6) is 0 Å². The monoisotopic (exact) mass is 377 g/mol. The molecule has 0 spiro atoms. The average Bonchev–Trinajstić information content (AvgIpc) is 2.73. The molecule has 0 aromatic rings. The summed E-state index contributed by atoms with van der Waals surface area (Å²) in [6, 6.07) is 0. The van der Waals surface area contributed by atoms with Crippen LogP contribution in [-0.4, -0.2) is 6.18 Å². The van der Waals surface area contributed by atoms with Crippen molar-refractivity contribution in [1.29, 1.82) is 0 Å². The van der Waals surface area contributed by atoms with Gasteiger partial charge in [-0.2, -0.15) is 30.9 Å². The number of rotatable bonds is 1. The fraction of sp³-hybridized carbons (Fsp3) is 0.273. The van der Waals surface area contributed by atoms with Crippen LogP contribution in [0, 0.1) is 6.08 Å². The Hall–Kier alpha value is -0.380. The third-order valence-electron chi connectivity index (χ3n) is 2.26. The van der Waals surface area contributed by atoms with Gasteiger partial charge in [0.25, 0.3) is 0 Å². The van der Waals surface area contributed by atoms with Crippen LogP contribution in [0.2, 0.25) is 0 Å². The van der Waals surface area contributed by atoms with E-state index < -0.39 is 11.7 Å². The predicted octanol–water partition coefficient (Wildman–Crippen LogP) is 3.49. The van der Waals surface area contributed by atoms with Gasteiger partial charge in [0, 0.05) is 31.4 Å². The van der Waals surface area contributed by atoms with Crippen LogP contribution in [0.1, 0.15) is 12.8 Å². The largest absolute Gasteiger partial charge is 0.405 e. The molecule has 0 amide bonds. The van der Waals surface area contributed by atoms with E-state index in [2.05, 4.69) is 6.08 Å². The van der Waals surface area contributed by atoms with Crippen molar-refractivity contribution in [3.8, 4) is 0 Å². The van der Waals surface area contributed by atoms with Crippen LogP contribution in [0.25, 0.3) is 0 Å². The minimum absolute atomic E-state index is 0. The van der Waals surface area contributed by atoms with E-state index >= 15 is 0 Å². The minimum Gasteiger partial charge on any atom is -0.198 e. The molecule has 2 aliphatic carbocycles. The average molecular weight is 376 g/mol. The Kier molecular flexibility index (Phi) is 3.93. The van der Waals surface area contributed by atoms with E-state index in [1.165, 1.54) is 0 Å². The first kappa shape index (κ1) is 12.7. The number of hydrogen-bond donors (Lipinski definition) is 0. The van der Waals surface area contributed by atoms with Crippen molar-refractivity contribution in [2.24, 2.45) is 0 Å². The van der Waals surface area contributed by atoms with E-state index in [0.717, 1.165) is 6.08 Å². The first-order valence-corrected chi connectivity index (χ1v) is 4.33. The topological polar surface area (TPSA) is 0 Å². The zero-order chi connectivity index (χ0) is 10.2. The third kappa shape index (κ3) is 2.60. The molecule has 15 heavy (non-hydrogen) atoms. The molecule has 0 aromatic carbocycles. The van der Waals surface area contributed by atoms with Crippen molar-refractivity contribution in [1.82, 2.24) is 0 Å². The zero-order valence-corrected chi connectivity index (χ0v) is 11.5. The molecule has 0 fully saturated rings. The molecule has 0 aromatic heterocycles. The van der Waals surface area contributed by atoms with Crippen molar-refractivity contribution in [2.75, 3.05) is 0 Å². The van der Waals surface area contributed by atoms with Gasteiger partial charge in [-0.25, -0.2) is 0 Å². The van der Waals surface area contributed by atoms with E-state index in [9.17, 15) is 13.2 Å². The van der Waals surface area contributed by atoms with Gasteiger partial charge in [-0.3, -0.25) is 0 Å². The van der Waals surface area contributed by atoms with E-state index in [0.29, 0.717) is 24.0 Å². The van der Waals surface area contributed by atoms with Gasteiger partial charge in [0.2, 0.25) is 0 Å². The molecule has 0 atom stereocenters. The van der Waals surface area contributed by atoms with Gasteiger partial charge in [0.05, 0.1) is 0 Å². The number of allylic oxidation sites excluding steroid dienone is 8. The Morgan fingerprint density at radius 3 is 2.40 bits per heavy atom. The van der Waals surface area contributed by atoms with Gasteiger partial charge in [0.1, 0.15) is 0 Å². The molecule has 2 rings (SSSR count). The van der Waals surface area contributed by atoms with Gasteiger partial charge >= 0.3 is 6.18 Å². The van der Waals surface area contributed by atoms with E-state index in [1.54, 1.807) is 12.2 Å². The smallest absolute Gasteiger partial charge is 0.198 e. The van der Waals surface area contributed by atoms with Gasteiger partial charge < -0.3 is 0 Å². The molecule has 78 valence electrons. The van der Waals surface area contributed by atoms with E-state index in [-0.39, 0.29) is 25.8 Å². The molecule has 4 heteroatoms. The standard InChI is InChI=1S/C11H8F3.Hf/c12-11(13,14)10-7-3-6-9(10)8-4-1-2-5-8;/h1,3-4,7H,2,6H2;/q-1;. The third-order valence-corrected chi connectivity index (χ3v) is 2.26. The summed E-state index contributed by atoms with van der Waals surface area (Å²) in [6.45, 7) is 0. The van der Waals surface area contributed by atoms with Gasteiger partial charge in [0.15, 0.2) is 0 Å². The second-order valence-corrected chi connectivity index (χ2v) is 3.19. The van der Waals surface area contributed by atoms with Crippen LogP contribution in [0.4, 0.5) is 13.2 Å². The van der Waals surface area contributed by atoms with Crippen molar-refractivity contribution >= 4 is 0 Å². The van der Waals surface area contributed by atoms with E-state index in [4.69, 9.17) is 0 Å². The summed E-state index contributed by atoms with van der Waals surface area (Å²) in [7, 11) is 0. The maximum atomic E-state index is 12.5. The fourth-order valence-electron chi connectivity index (χ4n) is 1.64. The minimum atomic E-state index is -4.24. The molecule has 0 saturated heterocycles. The Labute approximate surface area is 105 Å². The Bertz CT molecular complexity index is 370. The number of hydrogen-bond acceptors (Lipinski definition) is 0. The molecule has 0 radical (unpaired) electrons. The van der Waals surface area contributed by atoms with Gasteiger partial charge in [-0.1, -0.05) is 25.0 Å². The molecule has 0 bridgehead atoms. The Morgan fingerprint density at radius 1 is 1.13 bits per heavy atom. The second-order valence-electron chi connectivity index (χ2n) is 3.19. The Balaban J connectivity index is 0.00000112. The SMILES string of the molecule is FC(F)(F)C1=C(C2=[C-]CC=C2)CC=C1.[Hf]. The summed E-state index contributed by atoms with van der Waals surface area (Å²) >= 11 is 0. The summed E-state index contributed by atoms with van der Waals surface area (Å²) in [6.07, 6.45) is 5.85. The molecule has 0 N–H and O–H groups in total. The summed E-state index contributed by atoms with van der Waals surface area (Å²) in [5.74, 6) is 0. The normalized spacial score (nSPS) is 19.5. The van der Waals surface area contributed by atoms with Crippen LogP contribution in [0.15, 0.2) is 41.0 Å². The molecular formula is C11H8F3Hf-. The molecular weight excluding hydrogens is 368 g/mol. The summed E-state index contributed by atoms with van der Waals surface area (Å²) in [5, 5.41) is 0. The van der Waals surface area contributed by atoms with Crippen molar-refractivity contribution < 1.29 is 39.0 Å². The predicted molar refractivity (Wildman–Crippen MR) is 47.4 cm³/mol. The van der Waals surface area contributed by atoms with Crippen LogP contribution in [-0.2, 0) is 25.8 Å². The maximum absolute atomic E-state index is 12.5. The van der Waals surface area contributed by atoms with Gasteiger partial charge in [-0.15, -0.1) is 11.6 Å². The Morgan fingerprint density at radius 2 is 1.87 bits per heavy atom. The number of alkyl halides is 3. The van der Waals surface area contributed by atoms with E-state index in [1.807, 2.05) is 6.08 Å². The summed E-state index contributed by atoms with van der Waals surface area (Å²) in [4.78, 5) is 0. The second kappa shape index (κ2) is 4.64. The molecule has 0 aliphatic heterocycles. The van der Waals surface area contributed by atoms with Gasteiger partial charge in [-0.05, 0) is 0 Å². The first-order chi connectivity index (χ1) is 6.59. The summed E-state index contributed by atoms with van der Waals surface area (Å²) in [5.41, 5.74) is 0.431. The van der Waals surface area contributed by atoms with Crippen LogP contribution < -0.4 is 0 Å². The molecule has 0 nitrogen and oxygen atoms in total. The first-order valence-electron chi connectivity index (χ1n) is 4.33.